The average molecular weight is 319 g/mol. The molecule has 3 rings (SSSR count). The van der Waals surface area contributed by atoms with Gasteiger partial charge in [0.1, 0.15) is 5.03 Å². The Morgan fingerprint density at radius 1 is 1.43 bits per heavy atom. The van der Waals surface area contributed by atoms with Gasteiger partial charge in [-0.05, 0) is 30.8 Å². The van der Waals surface area contributed by atoms with Gasteiger partial charge in [0.25, 0.3) is 0 Å². The van der Waals surface area contributed by atoms with E-state index < -0.39 is 0 Å². The van der Waals surface area contributed by atoms with Crippen LogP contribution in [0.2, 0.25) is 0 Å². The predicted molar refractivity (Wildman–Crippen MR) is 84.2 cm³/mol. The number of aryl methyl sites for hydroxylation is 2. The van der Waals surface area contributed by atoms with Crippen LogP contribution < -0.4 is 5.73 Å². The largest absolute Gasteiger partial charge is 0.409 e. The van der Waals surface area contributed by atoms with Crippen molar-refractivity contribution in [1.82, 2.24) is 14.8 Å². The maximum atomic E-state index is 8.93. The number of aromatic nitrogens is 3. The Balaban J connectivity index is 2.05. The topological polar surface area (TPSA) is 89.3 Å². The van der Waals surface area contributed by atoms with Crippen molar-refractivity contribution in [3.8, 4) is 0 Å². The van der Waals surface area contributed by atoms with Gasteiger partial charge in [-0.25, -0.2) is 4.98 Å². The molecule has 1 aromatic carbocycles. The Hall–Kier alpha value is -2.06. The molecule has 108 valence electrons. The molecule has 0 aliphatic rings. The summed E-state index contributed by atoms with van der Waals surface area (Å²) in [6.07, 6.45) is 0. The first kappa shape index (κ1) is 13.9. The molecule has 8 heteroatoms. The second kappa shape index (κ2) is 5.38. The highest BCUT2D eigenvalue weighted by atomic mass is 32.2. The quantitative estimate of drug-likeness (QED) is 0.335. The molecule has 0 fully saturated rings. The van der Waals surface area contributed by atoms with Crippen LogP contribution >= 0.6 is 23.1 Å². The third-order valence-corrected chi connectivity index (χ3v) is 5.25. The molecule has 21 heavy (non-hydrogen) atoms. The molecule has 0 aliphatic carbocycles. The number of hydrogen-bond acceptors (Lipinski definition) is 6. The van der Waals surface area contributed by atoms with Gasteiger partial charge >= 0.3 is 0 Å². The maximum Gasteiger partial charge on any atom is 0.174 e. The summed E-state index contributed by atoms with van der Waals surface area (Å²) in [5.41, 5.74) is 8.08. The number of rotatable bonds is 3. The van der Waals surface area contributed by atoms with Crippen LogP contribution in [0.1, 0.15) is 11.3 Å². The van der Waals surface area contributed by atoms with Crippen molar-refractivity contribution in [1.29, 1.82) is 0 Å². The third kappa shape index (κ3) is 2.47. The van der Waals surface area contributed by atoms with E-state index >= 15 is 0 Å². The van der Waals surface area contributed by atoms with Crippen molar-refractivity contribution in [3.05, 3.63) is 35.5 Å². The molecule has 3 aromatic rings. The van der Waals surface area contributed by atoms with E-state index in [1.807, 2.05) is 38.2 Å². The highest BCUT2D eigenvalue weighted by Crippen LogP contribution is 2.36. The summed E-state index contributed by atoms with van der Waals surface area (Å²) >= 11 is 3.07. The van der Waals surface area contributed by atoms with E-state index in [2.05, 4.69) is 15.2 Å². The maximum absolute atomic E-state index is 8.93. The molecular weight excluding hydrogens is 306 g/mol. The monoisotopic (exact) mass is 319 g/mol. The van der Waals surface area contributed by atoms with Crippen molar-refractivity contribution in [2.45, 2.75) is 16.3 Å². The van der Waals surface area contributed by atoms with E-state index in [1.165, 1.54) is 11.8 Å². The molecular formula is C13H13N5OS2. The molecule has 0 saturated heterocycles. The molecule has 0 aliphatic heterocycles. The number of fused-ring (bicyclic) bond motifs is 1. The molecule has 0 radical (unpaired) electrons. The van der Waals surface area contributed by atoms with Crippen molar-refractivity contribution in [2.24, 2.45) is 17.9 Å². The number of oxime groups is 1. The standard InChI is InChI=1S/C13H13N5OS2/c1-7-10(11(14)17-19)12(18(2)16-7)21-13-15-8-5-3-4-6-9(8)20-13/h3-6,19H,1-2H3,(H2,14,17). The highest BCUT2D eigenvalue weighted by Gasteiger charge is 2.19. The van der Waals surface area contributed by atoms with Crippen molar-refractivity contribution in [3.63, 3.8) is 0 Å². The van der Waals surface area contributed by atoms with E-state index in [9.17, 15) is 0 Å². The highest BCUT2D eigenvalue weighted by molar-refractivity contribution is 8.01. The Bertz CT molecular complexity index is 803. The normalized spacial score (nSPS) is 12.2. The smallest absolute Gasteiger partial charge is 0.174 e. The van der Waals surface area contributed by atoms with Gasteiger partial charge in [0.15, 0.2) is 10.2 Å². The molecule has 0 bridgehead atoms. The fraction of sp³-hybridized carbons (Fsp3) is 0.154. The Labute approximate surface area is 129 Å². The lowest BCUT2D eigenvalue weighted by Crippen LogP contribution is -2.14. The molecule has 0 amide bonds. The van der Waals surface area contributed by atoms with Gasteiger partial charge in [-0.15, -0.1) is 11.3 Å². The first-order valence-corrected chi connectivity index (χ1v) is 7.78. The first-order valence-electron chi connectivity index (χ1n) is 6.15. The molecule has 3 N–H and O–H groups in total. The Morgan fingerprint density at radius 3 is 2.90 bits per heavy atom. The Morgan fingerprint density at radius 2 is 2.19 bits per heavy atom. The second-order valence-corrected chi connectivity index (χ2v) is 6.69. The molecule has 2 aromatic heterocycles. The number of para-hydroxylation sites is 1. The van der Waals surface area contributed by atoms with E-state index in [1.54, 1.807) is 16.0 Å². The minimum Gasteiger partial charge on any atom is -0.409 e. The summed E-state index contributed by atoms with van der Waals surface area (Å²) in [5, 5.41) is 17.2. The van der Waals surface area contributed by atoms with Gasteiger partial charge in [0.2, 0.25) is 0 Å². The van der Waals surface area contributed by atoms with Crippen LogP contribution in [0, 0.1) is 6.92 Å². The summed E-state index contributed by atoms with van der Waals surface area (Å²) < 4.78 is 3.75. The number of thiazole rings is 1. The van der Waals surface area contributed by atoms with Crippen molar-refractivity contribution >= 4 is 39.2 Å². The zero-order valence-corrected chi connectivity index (χ0v) is 13.1. The molecule has 2 heterocycles. The first-order chi connectivity index (χ1) is 10.1. The number of benzene rings is 1. The SMILES string of the molecule is Cc1nn(C)c(Sc2nc3ccccc3s2)c1C(N)=NO. The van der Waals surface area contributed by atoms with E-state index in [0.29, 0.717) is 5.56 Å². The minimum atomic E-state index is 0.0595. The van der Waals surface area contributed by atoms with E-state index in [4.69, 9.17) is 10.9 Å². The average Bonchev–Trinajstić information content (AvgIpc) is 2.99. The molecule has 0 atom stereocenters. The molecule has 0 unspecified atom stereocenters. The summed E-state index contributed by atoms with van der Waals surface area (Å²) in [6.45, 7) is 1.83. The fourth-order valence-electron chi connectivity index (χ4n) is 2.08. The lowest BCUT2D eigenvalue weighted by atomic mass is 10.2. The van der Waals surface area contributed by atoms with Gasteiger partial charge in [0.05, 0.1) is 21.5 Å². The predicted octanol–water partition coefficient (Wildman–Crippen LogP) is 2.58. The zero-order chi connectivity index (χ0) is 15.0. The number of nitrogens with zero attached hydrogens (tertiary/aromatic N) is 4. The van der Waals surface area contributed by atoms with Gasteiger partial charge < -0.3 is 10.9 Å². The lowest BCUT2D eigenvalue weighted by molar-refractivity contribution is 0.318. The van der Waals surface area contributed by atoms with Crippen LogP contribution in [0.3, 0.4) is 0 Å². The van der Waals surface area contributed by atoms with Gasteiger partial charge in [-0.1, -0.05) is 17.3 Å². The third-order valence-electron chi connectivity index (χ3n) is 2.99. The number of hydrogen-bond donors (Lipinski definition) is 2. The molecule has 0 saturated carbocycles. The number of amidine groups is 1. The van der Waals surface area contributed by atoms with Gasteiger partial charge in [0, 0.05) is 7.05 Å². The van der Waals surface area contributed by atoms with Crippen LogP contribution in [-0.4, -0.2) is 25.8 Å². The summed E-state index contributed by atoms with van der Waals surface area (Å²) in [7, 11) is 1.83. The van der Waals surface area contributed by atoms with E-state index in [-0.39, 0.29) is 5.84 Å². The molecule has 0 spiro atoms. The van der Waals surface area contributed by atoms with E-state index in [0.717, 1.165) is 25.3 Å². The van der Waals surface area contributed by atoms with Crippen LogP contribution in [-0.2, 0) is 7.05 Å². The van der Waals surface area contributed by atoms with Gasteiger partial charge in [-0.3, -0.25) is 4.68 Å². The van der Waals surface area contributed by atoms with Crippen LogP contribution in [0.4, 0.5) is 0 Å². The van der Waals surface area contributed by atoms with Crippen LogP contribution in [0.5, 0.6) is 0 Å². The zero-order valence-electron chi connectivity index (χ0n) is 11.4. The minimum absolute atomic E-state index is 0.0595. The Kier molecular flexibility index (Phi) is 3.56. The van der Waals surface area contributed by atoms with Crippen molar-refractivity contribution in [2.75, 3.05) is 0 Å². The van der Waals surface area contributed by atoms with Crippen LogP contribution in [0.15, 0.2) is 38.8 Å². The fourth-order valence-corrected chi connectivity index (χ4v) is 4.28. The second-order valence-electron chi connectivity index (χ2n) is 4.42. The van der Waals surface area contributed by atoms with Crippen LogP contribution in [0.25, 0.3) is 10.2 Å². The van der Waals surface area contributed by atoms with Crippen molar-refractivity contribution < 1.29 is 5.21 Å². The molecule has 6 nitrogen and oxygen atoms in total. The number of nitrogens with two attached hydrogens (primary N) is 1. The summed E-state index contributed by atoms with van der Waals surface area (Å²) in [6, 6.07) is 7.97. The lowest BCUT2D eigenvalue weighted by Gasteiger charge is -2.02. The summed E-state index contributed by atoms with van der Waals surface area (Å²) in [4.78, 5) is 4.58. The summed E-state index contributed by atoms with van der Waals surface area (Å²) in [5.74, 6) is 0.0595. The van der Waals surface area contributed by atoms with Gasteiger partial charge in [-0.2, -0.15) is 5.10 Å².